The molecule has 2 nitrogen and oxygen atoms in total. The van der Waals surface area contributed by atoms with E-state index in [2.05, 4.69) is 17.6 Å². The molecule has 1 rings (SSSR count). The maximum absolute atomic E-state index is 9.00. The van der Waals surface area contributed by atoms with Crippen LogP contribution in [0.25, 0.3) is 0 Å². The zero-order valence-electron chi connectivity index (χ0n) is 6.53. The van der Waals surface area contributed by atoms with Crippen LogP contribution in [-0.4, -0.2) is 16.7 Å². The van der Waals surface area contributed by atoms with Gasteiger partial charge in [0.15, 0.2) is 0 Å². The first kappa shape index (κ1) is 9.03. The summed E-state index contributed by atoms with van der Waals surface area (Å²) in [6.07, 6.45) is 1.71. The summed E-state index contributed by atoms with van der Waals surface area (Å²) in [6.45, 7) is 4.03. The van der Waals surface area contributed by atoms with Crippen LogP contribution in [0.1, 0.15) is 18.9 Å². The molecule has 62 valence electrons. The Balaban J connectivity index is 2.92. The van der Waals surface area contributed by atoms with Gasteiger partial charge in [0, 0.05) is 5.41 Å². The van der Waals surface area contributed by atoms with E-state index >= 15 is 0 Å². The fraction of sp³-hybridized carbons (Fsp3) is 0.571. The van der Waals surface area contributed by atoms with Gasteiger partial charge in [-0.3, -0.25) is 0 Å². The molecule has 0 saturated carbocycles. The van der Waals surface area contributed by atoms with Crippen LogP contribution in [0.3, 0.4) is 0 Å². The van der Waals surface area contributed by atoms with E-state index in [1.165, 1.54) is 11.3 Å². The van der Waals surface area contributed by atoms with Gasteiger partial charge >= 0.3 is 0 Å². The van der Waals surface area contributed by atoms with E-state index in [1.807, 2.05) is 13.8 Å². The highest BCUT2D eigenvalue weighted by molar-refractivity contribution is 7.82. The lowest BCUT2D eigenvalue weighted by atomic mass is 9.96. The van der Waals surface area contributed by atoms with Gasteiger partial charge in [-0.15, -0.1) is 24.0 Å². The highest BCUT2D eigenvalue weighted by Gasteiger charge is 2.22. The van der Waals surface area contributed by atoms with Crippen LogP contribution in [0, 0.1) is 0 Å². The molecule has 1 N–H and O–H groups in total. The van der Waals surface area contributed by atoms with Crippen molar-refractivity contribution in [3.63, 3.8) is 0 Å². The Morgan fingerprint density at radius 3 is 2.73 bits per heavy atom. The molecule has 0 aliphatic carbocycles. The second-order valence-electron chi connectivity index (χ2n) is 3.05. The summed E-state index contributed by atoms with van der Waals surface area (Å²) in [5.41, 5.74) is -0.231. The topological polar surface area (TPSA) is 33.1 Å². The molecule has 0 saturated heterocycles. The van der Waals surface area contributed by atoms with Crippen LogP contribution in [0.15, 0.2) is 10.4 Å². The third-order valence-electron chi connectivity index (χ3n) is 1.47. The minimum atomic E-state index is -0.231. The van der Waals surface area contributed by atoms with Crippen LogP contribution in [0.2, 0.25) is 0 Å². The van der Waals surface area contributed by atoms with E-state index in [1.54, 1.807) is 6.20 Å². The van der Waals surface area contributed by atoms with Crippen LogP contribution in [0.5, 0.6) is 0 Å². The SMILES string of the molecule is CC(C)(CO)c1ncc(S)s1. The average molecular weight is 189 g/mol. The first-order valence-corrected chi connectivity index (χ1v) is 4.59. The van der Waals surface area contributed by atoms with Crippen LogP contribution in [-0.2, 0) is 5.41 Å². The average Bonchev–Trinajstić information content (AvgIpc) is 2.36. The molecule has 4 heteroatoms. The molecule has 0 spiro atoms. The predicted octanol–water partition coefficient (Wildman–Crippen LogP) is 1.70. The normalized spacial score (nSPS) is 12.0. The number of hydrogen-bond acceptors (Lipinski definition) is 4. The Hall–Kier alpha value is -0.0600. The molecular weight excluding hydrogens is 178 g/mol. The number of aliphatic hydroxyl groups is 1. The van der Waals surface area contributed by atoms with Crippen LogP contribution < -0.4 is 0 Å². The smallest absolute Gasteiger partial charge is 0.102 e. The molecule has 0 atom stereocenters. The van der Waals surface area contributed by atoms with Gasteiger partial charge in [-0.25, -0.2) is 4.98 Å². The van der Waals surface area contributed by atoms with Gasteiger partial charge < -0.3 is 5.11 Å². The molecule has 11 heavy (non-hydrogen) atoms. The summed E-state index contributed by atoms with van der Waals surface area (Å²) in [6, 6.07) is 0. The first-order valence-electron chi connectivity index (χ1n) is 3.32. The number of hydrogen-bond donors (Lipinski definition) is 2. The summed E-state index contributed by atoms with van der Waals surface area (Å²) < 4.78 is 0.890. The molecular formula is C7H11NOS2. The summed E-state index contributed by atoms with van der Waals surface area (Å²) >= 11 is 5.66. The number of aromatic nitrogens is 1. The molecule has 0 radical (unpaired) electrons. The van der Waals surface area contributed by atoms with Crippen LogP contribution in [0.4, 0.5) is 0 Å². The fourth-order valence-electron chi connectivity index (χ4n) is 0.646. The van der Waals surface area contributed by atoms with Crippen molar-refractivity contribution < 1.29 is 5.11 Å². The van der Waals surface area contributed by atoms with E-state index in [-0.39, 0.29) is 12.0 Å². The van der Waals surface area contributed by atoms with Gasteiger partial charge in [-0.05, 0) is 0 Å². The Morgan fingerprint density at radius 2 is 2.36 bits per heavy atom. The fourth-order valence-corrected chi connectivity index (χ4v) is 1.71. The second-order valence-corrected chi connectivity index (χ2v) is 4.86. The second kappa shape index (κ2) is 3.13. The standard InChI is InChI=1S/C7H11NOS2/c1-7(2,4-9)6-8-3-5(10)11-6/h3,9-10H,4H2,1-2H3. The van der Waals surface area contributed by atoms with Gasteiger partial charge in [-0.2, -0.15) is 0 Å². The van der Waals surface area contributed by atoms with Gasteiger partial charge in [0.25, 0.3) is 0 Å². The quantitative estimate of drug-likeness (QED) is 0.694. The minimum absolute atomic E-state index is 0.119. The lowest BCUT2D eigenvalue weighted by molar-refractivity contribution is 0.218. The number of thiol groups is 1. The summed E-state index contributed by atoms with van der Waals surface area (Å²) in [4.78, 5) is 4.14. The number of aliphatic hydroxyl groups excluding tert-OH is 1. The largest absolute Gasteiger partial charge is 0.395 e. The first-order chi connectivity index (χ1) is 5.06. The number of rotatable bonds is 2. The molecule has 1 aromatic rings. The highest BCUT2D eigenvalue weighted by atomic mass is 32.2. The van der Waals surface area contributed by atoms with E-state index in [4.69, 9.17) is 5.11 Å². The molecule has 0 amide bonds. The molecule has 0 aromatic carbocycles. The minimum Gasteiger partial charge on any atom is -0.395 e. The zero-order chi connectivity index (χ0) is 8.48. The third-order valence-corrected chi connectivity index (χ3v) is 3.02. The van der Waals surface area contributed by atoms with Gasteiger partial charge in [0.1, 0.15) is 5.01 Å². The van der Waals surface area contributed by atoms with Crippen LogP contribution >= 0.6 is 24.0 Å². The van der Waals surface area contributed by atoms with Crippen molar-refractivity contribution in [2.24, 2.45) is 0 Å². The Bertz CT molecular complexity index is 244. The van der Waals surface area contributed by atoms with Gasteiger partial charge in [-0.1, -0.05) is 13.8 Å². The number of thiazole rings is 1. The molecule has 0 aliphatic rings. The maximum Gasteiger partial charge on any atom is 0.102 e. The van der Waals surface area contributed by atoms with Crippen molar-refractivity contribution in [2.45, 2.75) is 23.5 Å². The maximum atomic E-state index is 9.00. The predicted molar refractivity (Wildman–Crippen MR) is 49.5 cm³/mol. The summed E-state index contributed by atoms with van der Waals surface area (Å²) in [5, 5.41) is 9.93. The van der Waals surface area contributed by atoms with Crippen molar-refractivity contribution in [3.05, 3.63) is 11.2 Å². The van der Waals surface area contributed by atoms with E-state index < -0.39 is 0 Å². The Labute approximate surface area is 75.7 Å². The van der Waals surface area contributed by atoms with E-state index in [9.17, 15) is 0 Å². The van der Waals surface area contributed by atoms with Gasteiger partial charge in [0.05, 0.1) is 17.0 Å². The highest BCUT2D eigenvalue weighted by Crippen LogP contribution is 2.28. The Kier molecular flexibility index (Phi) is 2.57. The van der Waals surface area contributed by atoms with E-state index in [0.29, 0.717) is 0 Å². The summed E-state index contributed by atoms with van der Waals surface area (Å²) in [7, 11) is 0. The van der Waals surface area contributed by atoms with E-state index in [0.717, 1.165) is 9.22 Å². The molecule has 0 unspecified atom stereocenters. The third kappa shape index (κ3) is 1.95. The molecule has 1 heterocycles. The number of nitrogens with zero attached hydrogens (tertiary/aromatic N) is 1. The monoisotopic (exact) mass is 189 g/mol. The lowest BCUT2D eigenvalue weighted by Gasteiger charge is -2.17. The van der Waals surface area contributed by atoms with Crippen molar-refractivity contribution in [2.75, 3.05) is 6.61 Å². The van der Waals surface area contributed by atoms with Crippen molar-refractivity contribution in [3.8, 4) is 0 Å². The molecule has 0 bridgehead atoms. The lowest BCUT2D eigenvalue weighted by Crippen LogP contribution is -2.21. The molecule has 1 aromatic heterocycles. The van der Waals surface area contributed by atoms with Gasteiger partial charge in [0.2, 0.25) is 0 Å². The summed E-state index contributed by atoms with van der Waals surface area (Å²) in [5.74, 6) is 0. The zero-order valence-corrected chi connectivity index (χ0v) is 8.25. The van der Waals surface area contributed by atoms with Crippen molar-refractivity contribution >= 4 is 24.0 Å². The Morgan fingerprint density at radius 1 is 1.73 bits per heavy atom. The molecule has 0 aliphatic heterocycles. The van der Waals surface area contributed by atoms with Crippen molar-refractivity contribution in [1.82, 2.24) is 4.98 Å². The molecule has 0 fully saturated rings. The van der Waals surface area contributed by atoms with Crippen molar-refractivity contribution in [1.29, 1.82) is 0 Å².